The van der Waals surface area contributed by atoms with E-state index in [1.165, 1.54) is 27.1 Å². The monoisotopic (exact) mass is 654 g/mol. The average molecular weight is 654 g/mol. The van der Waals surface area contributed by atoms with E-state index in [2.05, 4.69) is 94.4 Å². The Morgan fingerprint density at radius 3 is 1.59 bits per heavy atom. The van der Waals surface area contributed by atoms with Gasteiger partial charge in [-0.3, -0.25) is 6.08 Å². The Balaban J connectivity index is -0.000000397. The normalized spacial score (nSPS) is 13.5. The zero-order valence-electron chi connectivity index (χ0n) is 19.7. The van der Waals surface area contributed by atoms with Crippen LogP contribution in [-0.2, 0) is 30.6 Å². The van der Waals surface area contributed by atoms with Gasteiger partial charge in [0.15, 0.2) is 0 Å². The topological polar surface area (TPSA) is 40.9 Å². The SMILES string of the molecule is CC1=[C-]C(C)C(C)=C1C.CCCCC([NH-])=O.[Cl-].[Cl-].[Hf+4].c1ccc([SiH]c2ccccc2)cc1. The number of allylic oxidation sites excluding steroid dienone is 4. The molecule has 1 amide bonds. The minimum Gasteiger partial charge on any atom is -1.00 e. The molecule has 3 rings (SSSR count). The van der Waals surface area contributed by atoms with E-state index in [4.69, 9.17) is 5.73 Å². The molecule has 1 aliphatic rings. The molecule has 0 aromatic heterocycles. The second-order valence-electron chi connectivity index (χ2n) is 7.29. The van der Waals surface area contributed by atoms with Crippen LogP contribution in [0.5, 0.6) is 0 Å². The predicted octanol–water partition coefficient (Wildman–Crippen LogP) is -0.443. The number of carbonyl (C=O) groups excluding carboxylic acids is 1. The van der Waals surface area contributed by atoms with Crippen LogP contribution in [0.3, 0.4) is 0 Å². The van der Waals surface area contributed by atoms with Crippen LogP contribution in [0.2, 0.25) is 0 Å². The molecule has 1 N–H and O–H groups in total. The third-order valence-electron chi connectivity index (χ3n) is 4.93. The fourth-order valence-electron chi connectivity index (χ4n) is 2.79. The molecule has 0 saturated heterocycles. The van der Waals surface area contributed by atoms with Gasteiger partial charge in [0.2, 0.25) is 0 Å². The standard InChI is InChI=1S/C12H11Si.C9H13.C5H11NO.2ClH.Hf/c1-3-7-11(8-4-1)13-12-9-5-2-6-10-12;1-6-5-7(2)9(4)8(6)3;1-2-3-4-5(6)7;;;/h1-10,13H;6H,1-4H3;2-4H2,1H3,(H2,6,7);2*1H;/q;-1;;;;+4/p-3. The van der Waals surface area contributed by atoms with Crippen LogP contribution in [0, 0.1) is 12.0 Å². The van der Waals surface area contributed by atoms with Crippen molar-refractivity contribution in [3.05, 3.63) is 89.2 Å². The van der Waals surface area contributed by atoms with E-state index in [0.29, 0.717) is 12.3 Å². The van der Waals surface area contributed by atoms with Crippen LogP contribution in [0.25, 0.3) is 5.73 Å². The smallest absolute Gasteiger partial charge is 1.00 e. The third kappa shape index (κ3) is 15.0. The minimum absolute atomic E-state index is 0. The van der Waals surface area contributed by atoms with E-state index in [1.54, 1.807) is 0 Å². The van der Waals surface area contributed by atoms with E-state index in [1.807, 2.05) is 6.92 Å². The van der Waals surface area contributed by atoms with Crippen molar-refractivity contribution in [2.24, 2.45) is 5.92 Å². The van der Waals surface area contributed by atoms with Gasteiger partial charge in [0, 0.05) is 5.91 Å². The summed E-state index contributed by atoms with van der Waals surface area (Å²) < 4.78 is 0. The maximum absolute atomic E-state index is 9.87. The second kappa shape index (κ2) is 20.6. The van der Waals surface area contributed by atoms with Crippen molar-refractivity contribution in [1.29, 1.82) is 0 Å². The summed E-state index contributed by atoms with van der Waals surface area (Å²) in [5.41, 5.74) is 10.7. The number of hydrogen-bond acceptors (Lipinski definition) is 1. The number of halogens is 2. The minimum atomic E-state index is -0.443. The van der Waals surface area contributed by atoms with Crippen molar-refractivity contribution in [1.82, 2.24) is 0 Å². The molecule has 0 fully saturated rings. The van der Waals surface area contributed by atoms with Crippen LogP contribution < -0.4 is 35.2 Å². The Labute approximate surface area is 229 Å². The molecule has 0 saturated carbocycles. The fourth-order valence-corrected chi connectivity index (χ4v) is 4.00. The van der Waals surface area contributed by atoms with Gasteiger partial charge in [0.1, 0.15) is 9.52 Å². The quantitative estimate of drug-likeness (QED) is 0.319. The van der Waals surface area contributed by atoms with Gasteiger partial charge in [0.05, 0.1) is 0 Å². The van der Waals surface area contributed by atoms with Crippen LogP contribution >= 0.6 is 0 Å². The molecule has 1 aliphatic carbocycles. The number of rotatable bonds is 5. The zero-order chi connectivity index (χ0) is 21.6. The number of benzene rings is 2. The van der Waals surface area contributed by atoms with Gasteiger partial charge >= 0.3 is 25.8 Å². The first-order chi connectivity index (χ1) is 13.8. The first kappa shape index (κ1) is 35.6. The van der Waals surface area contributed by atoms with E-state index in [-0.39, 0.29) is 60.2 Å². The molecule has 171 valence electrons. The van der Waals surface area contributed by atoms with Gasteiger partial charge in [-0.2, -0.15) is 11.1 Å². The van der Waals surface area contributed by atoms with Crippen molar-refractivity contribution < 1.29 is 55.5 Å². The summed E-state index contributed by atoms with van der Waals surface area (Å²) in [5, 5.41) is 2.90. The molecule has 2 aromatic rings. The Kier molecular flexibility index (Phi) is 23.0. The van der Waals surface area contributed by atoms with Crippen LogP contribution in [0.4, 0.5) is 0 Å². The molecule has 0 bridgehead atoms. The summed E-state index contributed by atoms with van der Waals surface area (Å²) in [4.78, 5) is 9.87. The molecular formula is C26H34Cl2HfNOSi. The fraction of sp³-hybridized carbons (Fsp3) is 0.346. The molecule has 2 nitrogen and oxygen atoms in total. The van der Waals surface area contributed by atoms with E-state index < -0.39 is 5.91 Å². The van der Waals surface area contributed by atoms with Gasteiger partial charge in [-0.1, -0.05) is 111 Å². The van der Waals surface area contributed by atoms with Crippen molar-refractivity contribution >= 4 is 25.8 Å². The summed E-state index contributed by atoms with van der Waals surface area (Å²) in [5.74, 6) is 0.117. The number of carbonyl (C=O) groups is 1. The largest absolute Gasteiger partial charge is 4.00 e. The molecule has 0 spiro atoms. The van der Waals surface area contributed by atoms with E-state index >= 15 is 0 Å². The third-order valence-corrected chi connectivity index (χ3v) is 6.36. The summed E-state index contributed by atoms with van der Waals surface area (Å²) in [6.07, 6.45) is 5.65. The van der Waals surface area contributed by atoms with Crippen molar-refractivity contribution in [2.45, 2.75) is 53.9 Å². The van der Waals surface area contributed by atoms with Gasteiger partial charge in [-0.25, -0.2) is 5.57 Å². The van der Waals surface area contributed by atoms with E-state index in [0.717, 1.165) is 12.8 Å². The summed E-state index contributed by atoms with van der Waals surface area (Å²) in [6.45, 7) is 10.7. The van der Waals surface area contributed by atoms with Crippen molar-refractivity contribution in [3.8, 4) is 0 Å². The molecule has 32 heavy (non-hydrogen) atoms. The first-order valence-corrected chi connectivity index (χ1v) is 11.5. The number of amides is 1. The van der Waals surface area contributed by atoms with Gasteiger partial charge in [-0.15, -0.1) is 6.92 Å². The number of nitrogens with one attached hydrogen (secondary N) is 1. The molecule has 0 aliphatic heterocycles. The van der Waals surface area contributed by atoms with Crippen LogP contribution in [0.1, 0.15) is 53.9 Å². The molecule has 2 aromatic carbocycles. The molecule has 1 atom stereocenters. The number of hydrogen-bond donors (Lipinski definition) is 0. The maximum atomic E-state index is 9.87. The van der Waals surface area contributed by atoms with Crippen molar-refractivity contribution in [3.63, 3.8) is 0 Å². The van der Waals surface area contributed by atoms with Crippen LogP contribution in [0.15, 0.2) is 77.4 Å². The molecule has 1 unspecified atom stereocenters. The summed E-state index contributed by atoms with van der Waals surface area (Å²) in [7, 11) is 0.271. The summed E-state index contributed by atoms with van der Waals surface area (Å²) in [6, 6.07) is 21.3. The Hall–Kier alpha value is -0.943. The predicted molar refractivity (Wildman–Crippen MR) is 128 cm³/mol. The molecular weight excluding hydrogens is 620 g/mol. The average Bonchev–Trinajstić information content (AvgIpc) is 2.94. The first-order valence-electron chi connectivity index (χ1n) is 10.3. The second-order valence-corrected chi connectivity index (χ2v) is 8.91. The number of unbranched alkanes of at least 4 members (excludes halogenated alkanes) is 1. The molecule has 6 heteroatoms. The molecule has 0 heterocycles. The summed E-state index contributed by atoms with van der Waals surface area (Å²) >= 11 is 0. The zero-order valence-corrected chi connectivity index (χ0v) is 26.0. The van der Waals surface area contributed by atoms with Gasteiger partial charge < -0.3 is 35.3 Å². The van der Waals surface area contributed by atoms with Crippen molar-refractivity contribution in [2.75, 3.05) is 0 Å². The van der Waals surface area contributed by atoms with Gasteiger partial charge in [-0.05, 0) is 12.8 Å². The van der Waals surface area contributed by atoms with E-state index in [9.17, 15) is 4.79 Å². The van der Waals surface area contributed by atoms with Crippen LogP contribution in [-0.4, -0.2) is 15.4 Å². The Morgan fingerprint density at radius 1 is 0.938 bits per heavy atom. The Morgan fingerprint density at radius 2 is 1.38 bits per heavy atom. The molecule has 1 radical (unpaired) electrons. The maximum Gasteiger partial charge on any atom is 4.00 e. The van der Waals surface area contributed by atoms with Gasteiger partial charge in [0.25, 0.3) is 0 Å². The Bertz CT molecular complexity index is 774.